The molecule has 10 heavy (non-hydrogen) atoms. The van der Waals surface area contributed by atoms with E-state index in [1.54, 1.807) is 18.8 Å². The van der Waals surface area contributed by atoms with Crippen LogP contribution in [0.5, 0.6) is 0 Å². The van der Waals surface area contributed by atoms with Crippen molar-refractivity contribution in [1.82, 2.24) is 5.32 Å². The van der Waals surface area contributed by atoms with Gasteiger partial charge >= 0.3 is 0 Å². The molecule has 0 aromatic carbocycles. The molecule has 0 atom stereocenters. The molecule has 0 radical (unpaired) electrons. The Hall–Kier alpha value is 0.170. The molecular formula is C6H13NOS2. The predicted octanol–water partition coefficient (Wildman–Crippen LogP) is 0.786. The van der Waals surface area contributed by atoms with Gasteiger partial charge in [-0.1, -0.05) is 0 Å². The zero-order chi connectivity index (χ0) is 7.82. The zero-order valence-electron chi connectivity index (χ0n) is 6.09. The molecule has 60 valence electrons. The number of thiol groups is 1. The van der Waals surface area contributed by atoms with E-state index in [9.17, 15) is 4.79 Å². The monoisotopic (exact) mass is 179 g/mol. The molecule has 0 aliphatic rings. The molecule has 0 bridgehead atoms. The summed E-state index contributed by atoms with van der Waals surface area (Å²) < 4.78 is 0. The minimum atomic E-state index is 0.101. The Morgan fingerprint density at radius 3 is 2.90 bits per heavy atom. The molecule has 0 spiro atoms. The molecule has 0 fully saturated rings. The Balaban J connectivity index is 2.96. The Kier molecular flexibility index (Phi) is 7.40. The van der Waals surface area contributed by atoms with Gasteiger partial charge < -0.3 is 5.32 Å². The van der Waals surface area contributed by atoms with Crippen LogP contribution in [0, 0.1) is 0 Å². The second-order valence-corrected chi connectivity index (χ2v) is 3.36. The normalized spacial score (nSPS) is 9.40. The van der Waals surface area contributed by atoms with E-state index in [-0.39, 0.29) is 5.91 Å². The summed E-state index contributed by atoms with van der Waals surface area (Å²) in [7, 11) is 1.65. The number of carbonyl (C=O) groups is 1. The predicted molar refractivity (Wildman–Crippen MR) is 49.9 cm³/mol. The first-order valence-electron chi connectivity index (χ1n) is 3.20. The standard InChI is InChI=1S/C6H13NOS2/c1-7-6(8)5-10-4-2-3-9/h9H,2-5H2,1H3,(H,7,8). The molecular weight excluding hydrogens is 166 g/mol. The van der Waals surface area contributed by atoms with Crippen molar-refractivity contribution in [3.05, 3.63) is 0 Å². The van der Waals surface area contributed by atoms with E-state index in [0.717, 1.165) is 17.9 Å². The Morgan fingerprint density at radius 2 is 2.40 bits per heavy atom. The van der Waals surface area contributed by atoms with E-state index in [0.29, 0.717) is 5.75 Å². The van der Waals surface area contributed by atoms with Gasteiger partial charge in [-0.3, -0.25) is 4.79 Å². The van der Waals surface area contributed by atoms with Crippen LogP contribution in [0.3, 0.4) is 0 Å². The lowest BCUT2D eigenvalue weighted by Crippen LogP contribution is -2.19. The van der Waals surface area contributed by atoms with Gasteiger partial charge in [0.1, 0.15) is 0 Å². The number of thioether (sulfide) groups is 1. The Bertz CT molecular complexity index is 97.7. The number of hydrogen-bond donors (Lipinski definition) is 2. The van der Waals surface area contributed by atoms with Crippen molar-refractivity contribution in [2.75, 3.05) is 24.3 Å². The number of amides is 1. The summed E-state index contributed by atoms with van der Waals surface area (Å²) in [4.78, 5) is 10.6. The van der Waals surface area contributed by atoms with Crippen molar-refractivity contribution in [2.45, 2.75) is 6.42 Å². The molecule has 0 aromatic rings. The van der Waals surface area contributed by atoms with E-state index < -0.39 is 0 Å². The van der Waals surface area contributed by atoms with E-state index in [1.807, 2.05) is 0 Å². The van der Waals surface area contributed by atoms with Crippen LogP contribution in [0.4, 0.5) is 0 Å². The molecule has 0 heterocycles. The largest absolute Gasteiger partial charge is 0.358 e. The van der Waals surface area contributed by atoms with Crippen molar-refractivity contribution < 1.29 is 4.79 Å². The maximum Gasteiger partial charge on any atom is 0.229 e. The first-order chi connectivity index (χ1) is 4.81. The molecule has 0 saturated carbocycles. The second-order valence-electron chi connectivity index (χ2n) is 1.80. The number of hydrogen-bond acceptors (Lipinski definition) is 3. The van der Waals surface area contributed by atoms with Crippen LogP contribution in [-0.4, -0.2) is 30.2 Å². The quantitative estimate of drug-likeness (QED) is 0.482. The highest BCUT2D eigenvalue weighted by Gasteiger charge is 1.95. The van der Waals surface area contributed by atoms with Crippen LogP contribution in [0.15, 0.2) is 0 Å². The van der Waals surface area contributed by atoms with Gasteiger partial charge in [0.05, 0.1) is 5.75 Å². The van der Waals surface area contributed by atoms with Gasteiger partial charge in [-0.05, 0) is 17.9 Å². The highest BCUT2D eigenvalue weighted by molar-refractivity contribution is 7.99. The fourth-order valence-electron chi connectivity index (χ4n) is 0.404. The summed E-state index contributed by atoms with van der Waals surface area (Å²) in [5, 5.41) is 2.56. The Labute approximate surface area is 71.6 Å². The average molecular weight is 179 g/mol. The van der Waals surface area contributed by atoms with Crippen molar-refractivity contribution in [2.24, 2.45) is 0 Å². The highest BCUT2D eigenvalue weighted by Crippen LogP contribution is 2.01. The second kappa shape index (κ2) is 7.28. The zero-order valence-corrected chi connectivity index (χ0v) is 7.80. The van der Waals surface area contributed by atoms with Gasteiger partial charge in [0.25, 0.3) is 0 Å². The summed E-state index contributed by atoms with van der Waals surface area (Å²) in [6.45, 7) is 0. The van der Waals surface area contributed by atoms with E-state index in [2.05, 4.69) is 17.9 Å². The third-order valence-electron chi connectivity index (χ3n) is 0.959. The smallest absolute Gasteiger partial charge is 0.229 e. The Morgan fingerprint density at radius 1 is 1.70 bits per heavy atom. The molecule has 0 aromatic heterocycles. The molecule has 2 nitrogen and oxygen atoms in total. The highest BCUT2D eigenvalue weighted by atomic mass is 32.2. The molecule has 0 rings (SSSR count). The maximum absolute atomic E-state index is 10.6. The lowest BCUT2D eigenvalue weighted by Gasteiger charge is -1.97. The van der Waals surface area contributed by atoms with Crippen LogP contribution in [0.2, 0.25) is 0 Å². The van der Waals surface area contributed by atoms with Crippen LogP contribution in [0.25, 0.3) is 0 Å². The topological polar surface area (TPSA) is 29.1 Å². The van der Waals surface area contributed by atoms with Crippen LogP contribution in [0.1, 0.15) is 6.42 Å². The molecule has 4 heteroatoms. The summed E-state index contributed by atoms with van der Waals surface area (Å²) in [6.07, 6.45) is 1.07. The van der Waals surface area contributed by atoms with Crippen molar-refractivity contribution in [1.29, 1.82) is 0 Å². The third-order valence-corrected chi connectivity index (χ3v) is 2.32. The van der Waals surface area contributed by atoms with Gasteiger partial charge in [-0.2, -0.15) is 24.4 Å². The summed E-state index contributed by atoms with van der Waals surface area (Å²) in [5.74, 6) is 2.60. The van der Waals surface area contributed by atoms with Gasteiger partial charge in [0.15, 0.2) is 0 Å². The molecule has 1 amide bonds. The van der Waals surface area contributed by atoms with Crippen molar-refractivity contribution in [3.8, 4) is 0 Å². The minimum absolute atomic E-state index is 0.101. The molecule has 0 aliphatic heterocycles. The number of rotatable bonds is 5. The third kappa shape index (κ3) is 6.29. The van der Waals surface area contributed by atoms with E-state index in [4.69, 9.17) is 0 Å². The summed E-state index contributed by atoms with van der Waals surface area (Å²) in [5.41, 5.74) is 0. The lowest BCUT2D eigenvalue weighted by atomic mass is 10.6. The lowest BCUT2D eigenvalue weighted by molar-refractivity contribution is -0.118. The number of carbonyl (C=O) groups excluding carboxylic acids is 1. The molecule has 0 unspecified atom stereocenters. The SMILES string of the molecule is CNC(=O)CSCCCS. The number of nitrogens with one attached hydrogen (secondary N) is 1. The summed E-state index contributed by atoms with van der Waals surface area (Å²) in [6, 6.07) is 0. The fourth-order valence-corrected chi connectivity index (χ4v) is 1.60. The van der Waals surface area contributed by atoms with Crippen molar-refractivity contribution >= 4 is 30.3 Å². The van der Waals surface area contributed by atoms with Crippen molar-refractivity contribution in [3.63, 3.8) is 0 Å². The summed E-state index contributed by atoms with van der Waals surface area (Å²) >= 11 is 5.70. The molecule has 0 saturated heterocycles. The van der Waals surface area contributed by atoms with E-state index >= 15 is 0 Å². The van der Waals surface area contributed by atoms with Gasteiger partial charge in [0, 0.05) is 7.05 Å². The van der Waals surface area contributed by atoms with Gasteiger partial charge in [0.2, 0.25) is 5.91 Å². The molecule has 0 aliphatic carbocycles. The van der Waals surface area contributed by atoms with Crippen LogP contribution >= 0.6 is 24.4 Å². The first kappa shape index (κ1) is 10.2. The maximum atomic E-state index is 10.6. The minimum Gasteiger partial charge on any atom is -0.358 e. The van der Waals surface area contributed by atoms with Crippen LogP contribution in [-0.2, 0) is 4.79 Å². The van der Waals surface area contributed by atoms with Crippen LogP contribution < -0.4 is 5.32 Å². The van der Waals surface area contributed by atoms with E-state index in [1.165, 1.54) is 0 Å². The fraction of sp³-hybridized carbons (Fsp3) is 0.833. The first-order valence-corrected chi connectivity index (χ1v) is 4.99. The average Bonchev–Trinajstić information content (AvgIpc) is 1.98. The van der Waals surface area contributed by atoms with Gasteiger partial charge in [-0.25, -0.2) is 0 Å². The molecule has 1 N–H and O–H groups in total. The van der Waals surface area contributed by atoms with Gasteiger partial charge in [-0.15, -0.1) is 0 Å².